The van der Waals surface area contributed by atoms with Crippen molar-refractivity contribution in [2.75, 3.05) is 13.6 Å². The Morgan fingerprint density at radius 2 is 2.19 bits per heavy atom. The zero-order chi connectivity index (χ0) is 15.0. The molecule has 1 heterocycles. The Kier molecular flexibility index (Phi) is 3.80. The molecule has 1 aliphatic carbocycles. The number of fused-ring (bicyclic) bond motifs is 1. The largest absolute Gasteiger partial charge is 0.524 e. The van der Waals surface area contributed by atoms with Gasteiger partial charge in [0.15, 0.2) is 0 Å². The number of phosphoric ester groups is 1. The third-order valence-electron chi connectivity index (χ3n) is 3.87. The van der Waals surface area contributed by atoms with E-state index in [-0.39, 0.29) is 5.75 Å². The lowest BCUT2D eigenvalue weighted by molar-refractivity contribution is 0.284. The third kappa shape index (κ3) is 3.47. The molecule has 6 nitrogen and oxygen atoms in total. The third-order valence-corrected chi connectivity index (χ3v) is 4.31. The van der Waals surface area contributed by atoms with Crippen LogP contribution in [0.2, 0.25) is 0 Å². The van der Waals surface area contributed by atoms with Gasteiger partial charge in [0.1, 0.15) is 5.75 Å². The Labute approximate surface area is 123 Å². The van der Waals surface area contributed by atoms with E-state index in [2.05, 4.69) is 16.9 Å². The Morgan fingerprint density at radius 1 is 1.43 bits per heavy atom. The molecule has 1 fully saturated rings. The highest BCUT2D eigenvalue weighted by atomic mass is 31.2. The molecular weight excluding hydrogens is 291 g/mol. The lowest BCUT2D eigenvalue weighted by Crippen LogP contribution is -2.23. The Morgan fingerprint density at radius 3 is 2.86 bits per heavy atom. The van der Waals surface area contributed by atoms with E-state index in [0.29, 0.717) is 6.04 Å². The van der Waals surface area contributed by atoms with Crippen molar-refractivity contribution in [3.8, 4) is 5.75 Å². The minimum absolute atomic E-state index is 0.228. The van der Waals surface area contributed by atoms with Gasteiger partial charge in [0, 0.05) is 29.7 Å². The second kappa shape index (κ2) is 5.46. The molecule has 1 aromatic carbocycles. The normalized spacial score (nSPS) is 15.8. The second-order valence-electron chi connectivity index (χ2n) is 5.54. The first kappa shape index (κ1) is 14.6. The summed E-state index contributed by atoms with van der Waals surface area (Å²) >= 11 is 0. The van der Waals surface area contributed by atoms with Gasteiger partial charge in [-0.2, -0.15) is 0 Å². The van der Waals surface area contributed by atoms with Gasteiger partial charge in [0.25, 0.3) is 0 Å². The molecule has 3 rings (SSSR count). The molecule has 0 spiro atoms. The highest BCUT2D eigenvalue weighted by molar-refractivity contribution is 7.46. The van der Waals surface area contributed by atoms with Crippen LogP contribution in [0.1, 0.15) is 18.4 Å². The zero-order valence-electron chi connectivity index (χ0n) is 11.8. The molecule has 0 amide bonds. The lowest BCUT2D eigenvalue weighted by Gasteiger charge is -2.15. The van der Waals surface area contributed by atoms with Crippen molar-refractivity contribution in [3.05, 3.63) is 30.0 Å². The van der Waals surface area contributed by atoms with Crippen LogP contribution in [0.15, 0.2) is 24.4 Å². The number of likely N-dealkylation sites (N-methyl/N-ethyl adjacent to an activating group) is 1. The van der Waals surface area contributed by atoms with E-state index < -0.39 is 7.82 Å². The predicted molar refractivity (Wildman–Crippen MR) is 80.3 cm³/mol. The van der Waals surface area contributed by atoms with Gasteiger partial charge in [-0.3, -0.25) is 9.79 Å². The summed E-state index contributed by atoms with van der Waals surface area (Å²) < 4.78 is 15.9. The molecule has 7 heteroatoms. The number of phosphoric acid groups is 1. The van der Waals surface area contributed by atoms with Crippen molar-refractivity contribution in [2.45, 2.75) is 25.3 Å². The van der Waals surface area contributed by atoms with E-state index in [4.69, 9.17) is 14.3 Å². The number of benzene rings is 1. The SMILES string of the molecule is CN(CCc1c[nH]c2cccc(OP(=O)(O)O)c12)C1CC1. The van der Waals surface area contributed by atoms with E-state index in [1.165, 1.54) is 12.8 Å². The average Bonchev–Trinajstić information content (AvgIpc) is 3.16. The van der Waals surface area contributed by atoms with Gasteiger partial charge in [-0.15, -0.1) is 0 Å². The maximum Gasteiger partial charge on any atom is 0.524 e. The molecule has 0 bridgehead atoms. The van der Waals surface area contributed by atoms with Gasteiger partial charge < -0.3 is 14.4 Å². The second-order valence-corrected chi connectivity index (χ2v) is 6.70. The fourth-order valence-electron chi connectivity index (χ4n) is 2.62. The van der Waals surface area contributed by atoms with Gasteiger partial charge in [0.2, 0.25) is 0 Å². The van der Waals surface area contributed by atoms with Crippen LogP contribution in [0.3, 0.4) is 0 Å². The first-order valence-corrected chi connectivity index (χ1v) is 8.51. The highest BCUT2D eigenvalue weighted by Gasteiger charge is 2.26. The van der Waals surface area contributed by atoms with Crippen molar-refractivity contribution >= 4 is 18.7 Å². The summed E-state index contributed by atoms with van der Waals surface area (Å²) in [6, 6.07) is 5.87. The molecule has 1 aliphatic rings. The Hall–Kier alpha value is -1.33. The maximum atomic E-state index is 11.1. The first-order valence-electron chi connectivity index (χ1n) is 6.98. The number of nitrogens with one attached hydrogen (secondary N) is 1. The molecule has 114 valence electrons. The minimum Gasteiger partial charge on any atom is -0.404 e. The van der Waals surface area contributed by atoms with E-state index in [1.54, 1.807) is 12.1 Å². The van der Waals surface area contributed by atoms with Crippen LogP contribution in [0.5, 0.6) is 5.75 Å². The maximum absolute atomic E-state index is 11.1. The van der Waals surface area contributed by atoms with Gasteiger partial charge in [-0.05, 0) is 44.0 Å². The molecule has 0 atom stereocenters. The molecule has 21 heavy (non-hydrogen) atoms. The first-order chi connectivity index (χ1) is 9.94. The number of hydrogen-bond acceptors (Lipinski definition) is 3. The van der Waals surface area contributed by atoms with Crippen molar-refractivity contribution in [1.29, 1.82) is 0 Å². The van der Waals surface area contributed by atoms with E-state index in [1.807, 2.05) is 12.3 Å². The molecule has 1 saturated carbocycles. The van der Waals surface area contributed by atoms with Gasteiger partial charge >= 0.3 is 7.82 Å². The average molecular weight is 310 g/mol. The van der Waals surface area contributed by atoms with Crippen molar-refractivity contribution < 1.29 is 18.9 Å². The predicted octanol–water partition coefficient (Wildman–Crippen LogP) is 2.28. The molecule has 0 saturated heterocycles. The molecule has 0 radical (unpaired) electrons. The summed E-state index contributed by atoms with van der Waals surface area (Å²) in [6.45, 7) is 0.919. The van der Waals surface area contributed by atoms with E-state index in [0.717, 1.165) is 29.4 Å². The summed E-state index contributed by atoms with van der Waals surface area (Å²) in [5.74, 6) is 0.228. The van der Waals surface area contributed by atoms with Crippen LogP contribution < -0.4 is 4.52 Å². The molecule has 3 N–H and O–H groups in total. The summed E-state index contributed by atoms with van der Waals surface area (Å²) in [4.78, 5) is 23.5. The van der Waals surface area contributed by atoms with E-state index in [9.17, 15) is 4.57 Å². The van der Waals surface area contributed by atoms with Crippen LogP contribution in [0, 0.1) is 0 Å². The van der Waals surface area contributed by atoms with Crippen LogP contribution in [0.25, 0.3) is 10.9 Å². The van der Waals surface area contributed by atoms with E-state index >= 15 is 0 Å². The van der Waals surface area contributed by atoms with Gasteiger partial charge in [0.05, 0.1) is 0 Å². The standard InChI is InChI=1S/C14H19N2O4P/c1-16(11-5-6-11)8-7-10-9-15-12-3-2-4-13(14(10)12)20-21(17,18)19/h2-4,9,11,15H,5-8H2,1H3,(H2,17,18,19). The number of aromatic nitrogens is 1. The fourth-order valence-corrected chi connectivity index (χ4v) is 3.02. The molecule has 0 aliphatic heterocycles. The van der Waals surface area contributed by atoms with Crippen LogP contribution in [-0.4, -0.2) is 39.3 Å². The number of aromatic amines is 1. The topological polar surface area (TPSA) is 85.8 Å². The Balaban J connectivity index is 1.86. The summed E-state index contributed by atoms with van der Waals surface area (Å²) in [7, 11) is -2.44. The summed E-state index contributed by atoms with van der Waals surface area (Å²) in [5.41, 5.74) is 1.84. The van der Waals surface area contributed by atoms with Crippen LogP contribution in [-0.2, 0) is 11.0 Å². The van der Waals surface area contributed by atoms with Gasteiger partial charge in [-0.25, -0.2) is 4.57 Å². The van der Waals surface area contributed by atoms with Crippen LogP contribution >= 0.6 is 7.82 Å². The van der Waals surface area contributed by atoms with Crippen molar-refractivity contribution in [1.82, 2.24) is 9.88 Å². The smallest absolute Gasteiger partial charge is 0.404 e. The summed E-state index contributed by atoms with van der Waals surface area (Å²) in [6.07, 6.45) is 5.22. The molecule has 2 aromatic rings. The van der Waals surface area contributed by atoms with Crippen molar-refractivity contribution in [2.24, 2.45) is 0 Å². The monoisotopic (exact) mass is 310 g/mol. The van der Waals surface area contributed by atoms with Crippen LogP contribution in [0.4, 0.5) is 0 Å². The summed E-state index contributed by atoms with van der Waals surface area (Å²) in [5, 5.41) is 0.755. The number of nitrogens with zero attached hydrogens (tertiary/aromatic N) is 1. The van der Waals surface area contributed by atoms with Crippen molar-refractivity contribution in [3.63, 3.8) is 0 Å². The molecular formula is C14H19N2O4P. The van der Waals surface area contributed by atoms with Gasteiger partial charge in [-0.1, -0.05) is 6.07 Å². The minimum atomic E-state index is -4.56. The quantitative estimate of drug-likeness (QED) is 0.713. The molecule has 0 unspecified atom stereocenters. The highest BCUT2D eigenvalue weighted by Crippen LogP contribution is 2.41. The Bertz CT molecular complexity index is 689. The lowest BCUT2D eigenvalue weighted by atomic mass is 10.1. The number of H-pyrrole nitrogens is 1. The zero-order valence-corrected chi connectivity index (χ0v) is 12.7. The fraction of sp³-hybridized carbons (Fsp3) is 0.429. The number of hydrogen-bond donors (Lipinski definition) is 3. The molecule has 1 aromatic heterocycles. The number of rotatable bonds is 6.